The topological polar surface area (TPSA) is 20.2 Å². The van der Waals surface area contributed by atoms with Crippen molar-refractivity contribution < 1.29 is 5.11 Å². The molecule has 0 aromatic heterocycles. The van der Waals surface area contributed by atoms with Gasteiger partial charge in [-0.3, -0.25) is 0 Å². The third kappa shape index (κ3) is 4.16. The molecule has 0 bridgehead atoms. The van der Waals surface area contributed by atoms with E-state index in [1.165, 1.54) is 16.7 Å². The fraction of sp³-hybridized carbons (Fsp3) is 0.455. The smallest absolute Gasteiger partial charge is 0.122 e. The van der Waals surface area contributed by atoms with E-state index in [0.717, 1.165) is 17.5 Å². The second-order valence-electron chi connectivity index (χ2n) is 8.70. The standard InChI is InChI=1S/C22H30O/c1-15-11-16(14-18(12-15)21(2,3)4)13-17-9-8-10-19(20(17)23)22(5,6)7/h8-12,14,23H,13H2,1-7H3. The van der Waals surface area contributed by atoms with Crippen molar-refractivity contribution in [2.45, 2.75) is 65.7 Å². The molecule has 0 amide bonds. The van der Waals surface area contributed by atoms with Crippen LogP contribution in [0.25, 0.3) is 0 Å². The van der Waals surface area contributed by atoms with Crippen LogP contribution < -0.4 is 0 Å². The van der Waals surface area contributed by atoms with Gasteiger partial charge in [0.05, 0.1) is 0 Å². The van der Waals surface area contributed by atoms with Crippen LogP contribution in [0.3, 0.4) is 0 Å². The van der Waals surface area contributed by atoms with Gasteiger partial charge in [0.2, 0.25) is 0 Å². The van der Waals surface area contributed by atoms with Crippen LogP contribution in [0.5, 0.6) is 5.75 Å². The van der Waals surface area contributed by atoms with Crippen LogP contribution >= 0.6 is 0 Å². The lowest BCUT2D eigenvalue weighted by Crippen LogP contribution is -2.13. The van der Waals surface area contributed by atoms with Gasteiger partial charge in [0.25, 0.3) is 0 Å². The van der Waals surface area contributed by atoms with Crippen LogP contribution in [0.2, 0.25) is 0 Å². The van der Waals surface area contributed by atoms with Gasteiger partial charge in [-0.05, 0) is 40.0 Å². The van der Waals surface area contributed by atoms with Crippen LogP contribution in [0.15, 0.2) is 36.4 Å². The first kappa shape index (κ1) is 17.6. The van der Waals surface area contributed by atoms with E-state index in [4.69, 9.17) is 0 Å². The summed E-state index contributed by atoms with van der Waals surface area (Å²) in [6, 6.07) is 12.9. The zero-order valence-electron chi connectivity index (χ0n) is 15.6. The predicted octanol–water partition coefficient (Wildman–Crippen LogP) is 5.89. The van der Waals surface area contributed by atoms with Crippen molar-refractivity contribution >= 4 is 0 Å². The van der Waals surface area contributed by atoms with Gasteiger partial charge in [-0.15, -0.1) is 0 Å². The lowest BCUT2D eigenvalue weighted by Gasteiger charge is -2.23. The van der Waals surface area contributed by atoms with Crippen molar-refractivity contribution in [1.29, 1.82) is 0 Å². The summed E-state index contributed by atoms with van der Waals surface area (Å²) in [4.78, 5) is 0. The van der Waals surface area contributed by atoms with Crippen molar-refractivity contribution in [3.05, 3.63) is 64.2 Å². The molecule has 0 heterocycles. The van der Waals surface area contributed by atoms with Crippen molar-refractivity contribution in [3.8, 4) is 5.75 Å². The predicted molar refractivity (Wildman–Crippen MR) is 99.5 cm³/mol. The van der Waals surface area contributed by atoms with Gasteiger partial charge in [0.1, 0.15) is 5.75 Å². The Morgan fingerprint density at radius 3 is 2.09 bits per heavy atom. The zero-order valence-corrected chi connectivity index (χ0v) is 15.6. The molecule has 0 radical (unpaired) electrons. The van der Waals surface area contributed by atoms with E-state index in [1.54, 1.807) is 0 Å². The molecule has 2 rings (SSSR count). The maximum atomic E-state index is 10.7. The van der Waals surface area contributed by atoms with Crippen molar-refractivity contribution in [1.82, 2.24) is 0 Å². The average Bonchev–Trinajstić information content (AvgIpc) is 2.38. The second-order valence-corrected chi connectivity index (χ2v) is 8.70. The Kier molecular flexibility index (Phi) is 4.61. The molecule has 23 heavy (non-hydrogen) atoms. The van der Waals surface area contributed by atoms with E-state index in [-0.39, 0.29) is 10.8 Å². The first-order valence-corrected chi connectivity index (χ1v) is 8.41. The molecule has 2 aromatic carbocycles. The Hall–Kier alpha value is -1.76. The van der Waals surface area contributed by atoms with E-state index in [0.29, 0.717) is 5.75 Å². The summed E-state index contributed by atoms with van der Waals surface area (Å²) in [5.74, 6) is 0.443. The Bertz CT molecular complexity index is 697. The van der Waals surface area contributed by atoms with Crippen LogP contribution in [-0.4, -0.2) is 5.11 Å². The molecule has 1 nitrogen and oxygen atoms in total. The monoisotopic (exact) mass is 310 g/mol. The van der Waals surface area contributed by atoms with Gasteiger partial charge >= 0.3 is 0 Å². The lowest BCUT2D eigenvalue weighted by molar-refractivity contribution is 0.441. The molecule has 124 valence electrons. The molecular formula is C22H30O. The molecule has 0 unspecified atom stereocenters. The number of rotatable bonds is 2. The molecule has 0 spiro atoms. The molecule has 0 atom stereocenters. The third-order valence-electron chi connectivity index (χ3n) is 4.33. The number of phenols is 1. The summed E-state index contributed by atoms with van der Waals surface area (Å²) < 4.78 is 0. The Morgan fingerprint density at radius 1 is 0.870 bits per heavy atom. The number of hydrogen-bond donors (Lipinski definition) is 1. The highest BCUT2D eigenvalue weighted by atomic mass is 16.3. The van der Waals surface area contributed by atoms with Crippen LogP contribution in [0.1, 0.15) is 69.4 Å². The number of phenolic OH excluding ortho intramolecular Hbond substituents is 1. The average molecular weight is 310 g/mol. The second kappa shape index (κ2) is 6.03. The third-order valence-corrected chi connectivity index (χ3v) is 4.33. The van der Waals surface area contributed by atoms with Gasteiger partial charge in [-0.1, -0.05) is 83.5 Å². The number of aromatic hydroxyl groups is 1. The Labute approximate surface area is 141 Å². The largest absolute Gasteiger partial charge is 0.507 e. The van der Waals surface area contributed by atoms with Crippen LogP contribution in [0, 0.1) is 6.92 Å². The van der Waals surface area contributed by atoms with Crippen LogP contribution in [0.4, 0.5) is 0 Å². The minimum Gasteiger partial charge on any atom is -0.507 e. The minimum atomic E-state index is -0.0523. The van der Waals surface area contributed by atoms with E-state index in [2.05, 4.69) is 72.7 Å². The quantitative estimate of drug-likeness (QED) is 0.733. The summed E-state index contributed by atoms with van der Waals surface area (Å²) in [6.45, 7) is 15.3. The van der Waals surface area contributed by atoms with Crippen molar-refractivity contribution in [2.75, 3.05) is 0 Å². The fourth-order valence-electron chi connectivity index (χ4n) is 2.96. The molecule has 0 fully saturated rings. The van der Waals surface area contributed by atoms with Crippen molar-refractivity contribution in [3.63, 3.8) is 0 Å². The normalized spacial score (nSPS) is 12.5. The summed E-state index contributed by atoms with van der Waals surface area (Å²) in [7, 11) is 0. The highest BCUT2D eigenvalue weighted by Gasteiger charge is 2.20. The Morgan fingerprint density at radius 2 is 1.52 bits per heavy atom. The molecule has 0 aliphatic heterocycles. The first-order chi connectivity index (χ1) is 10.5. The van der Waals surface area contributed by atoms with E-state index in [9.17, 15) is 5.11 Å². The maximum Gasteiger partial charge on any atom is 0.122 e. The van der Waals surface area contributed by atoms with Gasteiger partial charge < -0.3 is 5.11 Å². The molecule has 0 saturated carbocycles. The minimum absolute atomic E-state index is 0.0523. The first-order valence-electron chi connectivity index (χ1n) is 8.41. The molecule has 2 aromatic rings. The number of benzene rings is 2. The zero-order chi connectivity index (χ0) is 17.4. The molecule has 1 N–H and O–H groups in total. The summed E-state index contributed by atoms with van der Waals surface area (Å²) in [5.41, 5.74) is 5.98. The summed E-state index contributed by atoms with van der Waals surface area (Å²) in [5, 5.41) is 10.7. The van der Waals surface area contributed by atoms with Crippen molar-refractivity contribution in [2.24, 2.45) is 0 Å². The lowest BCUT2D eigenvalue weighted by atomic mass is 9.83. The number of hydrogen-bond acceptors (Lipinski definition) is 1. The molecular weight excluding hydrogens is 280 g/mol. The van der Waals surface area contributed by atoms with Gasteiger partial charge in [-0.2, -0.15) is 0 Å². The number of aryl methyl sites for hydroxylation is 1. The van der Waals surface area contributed by atoms with Gasteiger partial charge in [-0.25, -0.2) is 0 Å². The molecule has 0 aliphatic carbocycles. The highest BCUT2D eigenvalue weighted by molar-refractivity contribution is 5.47. The SMILES string of the molecule is Cc1cc(Cc2cccc(C(C)(C)C)c2O)cc(C(C)(C)C)c1. The highest BCUT2D eigenvalue weighted by Crippen LogP contribution is 2.34. The molecule has 0 aliphatic rings. The Balaban J connectivity index is 2.43. The summed E-state index contributed by atoms with van der Waals surface area (Å²) >= 11 is 0. The van der Waals surface area contributed by atoms with E-state index < -0.39 is 0 Å². The molecule has 1 heteroatoms. The van der Waals surface area contributed by atoms with Crippen LogP contribution in [-0.2, 0) is 17.3 Å². The van der Waals surface area contributed by atoms with Gasteiger partial charge in [0.15, 0.2) is 0 Å². The van der Waals surface area contributed by atoms with E-state index >= 15 is 0 Å². The van der Waals surface area contributed by atoms with Gasteiger partial charge in [0, 0.05) is 6.42 Å². The number of para-hydroxylation sites is 1. The summed E-state index contributed by atoms with van der Waals surface area (Å²) in [6.07, 6.45) is 0.764. The van der Waals surface area contributed by atoms with E-state index in [1.807, 2.05) is 12.1 Å². The fourth-order valence-corrected chi connectivity index (χ4v) is 2.96. The molecule has 0 saturated heterocycles. The maximum absolute atomic E-state index is 10.7.